The van der Waals surface area contributed by atoms with E-state index in [1.165, 1.54) is 25.0 Å². The van der Waals surface area contributed by atoms with Gasteiger partial charge in [0.1, 0.15) is 5.82 Å². The van der Waals surface area contributed by atoms with E-state index in [2.05, 4.69) is 21.2 Å². The van der Waals surface area contributed by atoms with Gasteiger partial charge in [0, 0.05) is 48.9 Å². The van der Waals surface area contributed by atoms with Crippen molar-refractivity contribution >= 4 is 22.4 Å². The molecule has 7 heteroatoms. The third-order valence-corrected chi connectivity index (χ3v) is 9.61. The molecule has 2 aromatic carbocycles. The number of nitrogens with one attached hydrogen (secondary N) is 1. The lowest BCUT2D eigenvalue weighted by Crippen LogP contribution is -2.46. The molecular weight excluding hydrogens is 461 g/mol. The van der Waals surface area contributed by atoms with Crippen molar-refractivity contribution < 1.29 is 13.4 Å². The highest BCUT2D eigenvalue weighted by molar-refractivity contribution is 7.85. The van der Waals surface area contributed by atoms with Crippen molar-refractivity contribution in [3.8, 4) is 0 Å². The molecule has 5 nitrogen and oxygen atoms in total. The van der Waals surface area contributed by atoms with Gasteiger partial charge >= 0.3 is 0 Å². The lowest BCUT2D eigenvalue weighted by molar-refractivity contribution is -0.122. The Bertz CT molecular complexity index is 1040. The highest BCUT2D eigenvalue weighted by Gasteiger charge is 2.39. The molecule has 1 amide bonds. The molecule has 188 valence electrons. The fourth-order valence-corrected chi connectivity index (χ4v) is 7.79. The molecule has 2 aromatic rings. The fraction of sp³-hybridized carbons (Fsp3) is 0.536. The zero-order valence-corrected chi connectivity index (χ0v) is 21.1. The summed E-state index contributed by atoms with van der Waals surface area (Å²) in [6.07, 6.45) is 5.93. The summed E-state index contributed by atoms with van der Waals surface area (Å²) < 4.78 is 26.2. The minimum absolute atomic E-state index is 0.0327. The van der Waals surface area contributed by atoms with Gasteiger partial charge in [-0.15, -0.1) is 0 Å². The van der Waals surface area contributed by atoms with E-state index in [0.29, 0.717) is 18.3 Å². The van der Waals surface area contributed by atoms with Gasteiger partial charge in [-0.3, -0.25) is 13.9 Å². The van der Waals surface area contributed by atoms with E-state index in [-0.39, 0.29) is 17.8 Å². The Hall–Kier alpha value is -2.25. The molecule has 3 aliphatic rings. The normalized spacial score (nSPS) is 26.9. The summed E-state index contributed by atoms with van der Waals surface area (Å²) in [7, 11) is -0.994. The molecule has 4 atom stereocenters. The zero-order valence-electron chi connectivity index (χ0n) is 20.3. The van der Waals surface area contributed by atoms with Crippen molar-refractivity contribution in [2.45, 2.75) is 49.5 Å². The maximum absolute atomic E-state index is 13.2. The SMILES string of the molecule is O=C(CCCN1CCN(c2ccc(F)cc2)CC1)N[C@H]1c2ccccc2S(=O)C[C@@H]2CCCC[C@H]21. The maximum Gasteiger partial charge on any atom is 0.220 e. The molecule has 1 N–H and O–H groups in total. The van der Waals surface area contributed by atoms with Crippen molar-refractivity contribution in [3.63, 3.8) is 0 Å². The molecule has 1 saturated heterocycles. The molecule has 1 unspecified atom stereocenters. The first-order chi connectivity index (χ1) is 17.1. The number of hydrogen-bond donors (Lipinski definition) is 1. The van der Waals surface area contributed by atoms with Crippen LogP contribution in [0.25, 0.3) is 0 Å². The van der Waals surface area contributed by atoms with Crippen LogP contribution >= 0.6 is 0 Å². The number of anilines is 1. The monoisotopic (exact) mass is 497 g/mol. The van der Waals surface area contributed by atoms with Crippen molar-refractivity contribution in [1.82, 2.24) is 10.2 Å². The summed E-state index contributed by atoms with van der Waals surface area (Å²) in [5.41, 5.74) is 2.13. The van der Waals surface area contributed by atoms with Gasteiger partial charge in [0.15, 0.2) is 0 Å². The topological polar surface area (TPSA) is 52.7 Å². The minimum atomic E-state index is -0.994. The van der Waals surface area contributed by atoms with Crippen LogP contribution in [-0.2, 0) is 15.6 Å². The average molecular weight is 498 g/mol. The molecule has 0 bridgehead atoms. The second kappa shape index (κ2) is 11.2. The number of carbonyl (C=O) groups excluding carboxylic acids is 1. The second-order valence-electron chi connectivity index (χ2n) is 10.2. The van der Waals surface area contributed by atoms with Crippen molar-refractivity contribution in [3.05, 3.63) is 59.9 Å². The Morgan fingerprint density at radius 3 is 2.54 bits per heavy atom. The van der Waals surface area contributed by atoms with Crippen LogP contribution in [0.1, 0.15) is 50.1 Å². The molecular formula is C28H36FN3O2S. The zero-order chi connectivity index (χ0) is 24.2. The Labute approximate surface area is 210 Å². The van der Waals surface area contributed by atoms with Gasteiger partial charge in [0.2, 0.25) is 5.91 Å². The summed E-state index contributed by atoms with van der Waals surface area (Å²) in [5.74, 6) is 1.41. The maximum atomic E-state index is 13.2. The summed E-state index contributed by atoms with van der Waals surface area (Å²) in [5, 5.41) is 3.37. The predicted molar refractivity (Wildman–Crippen MR) is 138 cm³/mol. The van der Waals surface area contributed by atoms with E-state index in [4.69, 9.17) is 0 Å². The summed E-state index contributed by atoms with van der Waals surface area (Å²) in [4.78, 5) is 18.7. The molecule has 1 saturated carbocycles. The van der Waals surface area contributed by atoms with Gasteiger partial charge in [0.05, 0.1) is 16.8 Å². The number of benzene rings is 2. The van der Waals surface area contributed by atoms with E-state index < -0.39 is 10.8 Å². The number of halogens is 1. The van der Waals surface area contributed by atoms with Crippen LogP contribution in [0.15, 0.2) is 53.4 Å². The number of fused-ring (bicyclic) bond motifs is 2. The third kappa shape index (κ3) is 5.78. The van der Waals surface area contributed by atoms with E-state index in [9.17, 15) is 13.4 Å². The Balaban J connectivity index is 1.14. The van der Waals surface area contributed by atoms with E-state index >= 15 is 0 Å². The summed E-state index contributed by atoms with van der Waals surface area (Å²) >= 11 is 0. The number of hydrogen-bond acceptors (Lipinski definition) is 4. The van der Waals surface area contributed by atoms with Crippen LogP contribution in [0.3, 0.4) is 0 Å². The molecule has 2 fully saturated rings. The number of carbonyl (C=O) groups is 1. The highest BCUT2D eigenvalue weighted by Crippen LogP contribution is 2.43. The average Bonchev–Trinajstić information content (AvgIpc) is 3.00. The van der Waals surface area contributed by atoms with Crippen molar-refractivity contribution in [2.75, 3.05) is 43.4 Å². The van der Waals surface area contributed by atoms with Gasteiger partial charge in [-0.05, 0) is 73.5 Å². The quantitative estimate of drug-likeness (QED) is 0.638. The largest absolute Gasteiger partial charge is 0.369 e. The smallest absolute Gasteiger partial charge is 0.220 e. The molecule has 2 heterocycles. The van der Waals surface area contributed by atoms with Crippen LogP contribution in [0.2, 0.25) is 0 Å². The van der Waals surface area contributed by atoms with Gasteiger partial charge in [0.25, 0.3) is 0 Å². The van der Waals surface area contributed by atoms with Crippen LogP contribution in [0, 0.1) is 17.7 Å². The minimum Gasteiger partial charge on any atom is -0.369 e. The molecule has 0 aromatic heterocycles. The van der Waals surface area contributed by atoms with Gasteiger partial charge in [-0.1, -0.05) is 31.0 Å². The number of rotatable bonds is 6. The predicted octanol–water partition coefficient (Wildman–Crippen LogP) is 4.51. The number of nitrogens with zero attached hydrogens (tertiary/aromatic N) is 2. The summed E-state index contributed by atoms with van der Waals surface area (Å²) in [6.45, 7) is 4.63. The second-order valence-corrected chi connectivity index (χ2v) is 11.7. The highest BCUT2D eigenvalue weighted by atomic mass is 32.2. The van der Waals surface area contributed by atoms with E-state index in [0.717, 1.165) is 73.9 Å². The first-order valence-corrected chi connectivity index (χ1v) is 14.4. The molecule has 35 heavy (non-hydrogen) atoms. The van der Waals surface area contributed by atoms with Gasteiger partial charge in [-0.2, -0.15) is 0 Å². The number of amides is 1. The molecule has 0 spiro atoms. The van der Waals surface area contributed by atoms with Crippen molar-refractivity contribution in [1.29, 1.82) is 0 Å². The lowest BCUT2D eigenvalue weighted by Gasteiger charge is -2.36. The van der Waals surface area contributed by atoms with Crippen LogP contribution < -0.4 is 10.2 Å². The molecule has 0 radical (unpaired) electrons. The van der Waals surface area contributed by atoms with Crippen LogP contribution in [0.4, 0.5) is 10.1 Å². The van der Waals surface area contributed by atoms with Gasteiger partial charge in [-0.25, -0.2) is 4.39 Å². The molecule has 1 aliphatic carbocycles. The fourth-order valence-electron chi connectivity index (χ4n) is 6.12. The third-order valence-electron chi connectivity index (χ3n) is 8.02. The lowest BCUT2D eigenvalue weighted by atomic mass is 9.74. The van der Waals surface area contributed by atoms with Crippen LogP contribution in [0.5, 0.6) is 0 Å². The summed E-state index contributed by atoms with van der Waals surface area (Å²) in [6, 6.07) is 14.7. The van der Waals surface area contributed by atoms with E-state index in [1.807, 2.05) is 30.3 Å². The first kappa shape index (κ1) is 24.4. The Morgan fingerprint density at radius 2 is 1.74 bits per heavy atom. The van der Waals surface area contributed by atoms with Crippen molar-refractivity contribution in [2.24, 2.45) is 11.8 Å². The van der Waals surface area contributed by atoms with Crippen LogP contribution in [-0.4, -0.2) is 53.5 Å². The Morgan fingerprint density at radius 1 is 1.00 bits per heavy atom. The van der Waals surface area contributed by atoms with E-state index in [1.54, 1.807) is 0 Å². The Kier molecular flexibility index (Phi) is 7.83. The number of piperazine rings is 1. The first-order valence-electron chi connectivity index (χ1n) is 13.1. The van der Waals surface area contributed by atoms with Gasteiger partial charge < -0.3 is 10.2 Å². The molecule has 2 aliphatic heterocycles. The standard InChI is InChI=1S/C28H36FN3O2S/c29-22-11-13-23(14-12-22)32-18-16-31(17-19-32)15-5-10-27(33)30-28-24-7-2-1-6-21(24)20-35(34)26-9-4-3-8-25(26)28/h3-4,8-9,11-14,21,24,28H,1-2,5-7,10,15-20H2,(H,30,33)/t21-,24+,28+,35?/m0/s1. The molecule has 5 rings (SSSR count).